The van der Waals surface area contributed by atoms with Crippen molar-refractivity contribution in [3.63, 3.8) is 0 Å². The molecule has 1 atom stereocenters. The molecule has 0 aliphatic rings. The van der Waals surface area contributed by atoms with Gasteiger partial charge in [0, 0.05) is 12.5 Å². The summed E-state index contributed by atoms with van der Waals surface area (Å²) in [6.07, 6.45) is 1.84. The predicted molar refractivity (Wildman–Crippen MR) is 71.1 cm³/mol. The van der Waals surface area contributed by atoms with Gasteiger partial charge < -0.3 is 9.67 Å². The van der Waals surface area contributed by atoms with Crippen LogP contribution in [-0.4, -0.2) is 20.6 Å². The van der Waals surface area contributed by atoms with Crippen molar-refractivity contribution in [3.8, 4) is 0 Å². The van der Waals surface area contributed by atoms with E-state index in [9.17, 15) is 4.79 Å². The third kappa shape index (κ3) is 1.98. The SMILES string of the molecule is CCc1nc2ccc(C(=O)O)cc2n1C(C)CC. The number of fused-ring (bicyclic) bond motifs is 1. The summed E-state index contributed by atoms with van der Waals surface area (Å²) >= 11 is 0. The molecule has 4 heteroatoms. The maximum absolute atomic E-state index is 11.0. The van der Waals surface area contributed by atoms with Crippen LogP contribution >= 0.6 is 0 Å². The molecule has 0 saturated heterocycles. The second-order valence-electron chi connectivity index (χ2n) is 4.52. The van der Waals surface area contributed by atoms with Crippen LogP contribution in [0, 0.1) is 0 Å². The van der Waals surface area contributed by atoms with Gasteiger partial charge in [-0.3, -0.25) is 0 Å². The van der Waals surface area contributed by atoms with Gasteiger partial charge in [0.1, 0.15) is 5.82 Å². The van der Waals surface area contributed by atoms with Crippen LogP contribution in [0.5, 0.6) is 0 Å². The smallest absolute Gasteiger partial charge is 0.335 e. The molecule has 1 N–H and O–H groups in total. The van der Waals surface area contributed by atoms with Crippen molar-refractivity contribution in [2.75, 3.05) is 0 Å². The fourth-order valence-corrected chi connectivity index (χ4v) is 2.20. The lowest BCUT2D eigenvalue weighted by atomic mass is 10.2. The molecular formula is C14H18N2O2. The Balaban J connectivity index is 2.70. The highest BCUT2D eigenvalue weighted by Crippen LogP contribution is 2.24. The van der Waals surface area contributed by atoms with E-state index < -0.39 is 5.97 Å². The summed E-state index contributed by atoms with van der Waals surface area (Å²) < 4.78 is 2.15. The number of carboxylic acids is 1. The highest BCUT2D eigenvalue weighted by molar-refractivity contribution is 5.92. The maximum atomic E-state index is 11.0. The Morgan fingerprint density at radius 1 is 1.44 bits per heavy atom. The fraction of sp³-hybridized carbons (Fsp3) is 0.429. The van der Waals surface area contributed by atoms with Crippen molar-refractivity contribution in [2.24, 2.45) is 0 Å². The lowest BCUT2D eigenvalue weighted by Crippen LogP contribution is -2.08. The number of benzene rings is 1. The molecule has 1 aromatic carbocycles. The van der Waals surface area contributed by atoms with Gasteiger partial charge in [0.15, 0.2) is 0 Å². The quantitative estimate of drug-likeness (QED) is 0.900. The second kappa shape index (κ2) is 4.80. The molecule has 1 unspecified atom stereocenters. The Morgan fingerprint density at radius 2 is 2.17 bits per heavy atom. The highest BCUT2D eigenvalue weighted by atomic mass is 16.4. The largest absolute Gasteiger partial charge is 0.478 e. The number of aromatic nitrogens is 2. The molecule has 0 spiro atoms. The van der Waals surface area contributed by atoms with Crippen LogP contribution in [0.2, 0.25) is 0 Å². The Hall–Kier alpha value is -1.84. The van der Waals surface area contributed by atoms with Gasteiger partial charge in [0.25, 0.3) is 0 Å². The minimum absolute atomic E-state index is 0.314. The number of aromatic carboxylic acids is 1. The zero-order valence-electron chi connectivity index (χ0n) is 11.0. The van der Waals surface area contributed by atoms with E-state index in [1.54, 1.807) is 18.2 Å². The summed E-state index contributed by atoms with van der Waals surface area (Å²) in [6.45, 7) is 6.32. The van der Waals surface area contributed by atoms with E-state index in [4.69, 9.17) is 5.11 Å². The normalized spacial score (nSPS) is 12.8. The highest BCUT2D eigenvalue weighted by Gasteiger charge is 2.15. The van der Waals surface area contributed by atoms with Gasteiger partial charge in [-0.1, -0.05) is 13.8 Å². The van der Waals surface area contributed by atoms with E-state index in [0.29, 0.717) is 11.6 Å². The second-order valence-corrected chi connectivity index (χ2v) is 4.52. The maximum Gasteiger partial charge on any atom is 0.335 e. The van der Waals surface area contributed by atoms with Gasteiger partial charge in [-0.15, -0.1) is 0 Å². The number of aryl methyl sites for hydroxylation is 1. The molecule has 2 rings (SSSR count). The summed E-state index contributed by atoms with van der Waals surface area (Å²) in [6, 6.07) is 5.44. The minimum atomic E-state index is -0.896. The Morgan fingerprint density at radius 3 is 2.72 bits per heavy atom. The number of hydrogen-bond acceptors (Lipinski definition) is 2. The van der Waals surface area contributed by atoms with Crippen molar-refractivity contribution in [1.82, 2.24) is 9.55 Å². The van der Waals surface area contributed by atoms with E-state index in [-0.39, 0.29) is 0 Å². The predicted octanol–water partition coefficient (Wildman–Crippen LogP) is 3.27. The molecule has 0 bridgehead atoms. The van der Waals surface area contributed by atoms with Crippen LogP contribution in [0.4, 0.5) is 0 Å². The van der Waals surface area contributed by atoms with E-state index in [2.05, 4.69) is 30.3 Å². The van der Waals surface area contributed by atoms with Gasteiger partial charge in [-0.2, -0.15) is 0 Å². The van der Waals surface area contributed by atoms with Crippen molar-refractivity contribution < 1.29 is 9.90 Å². The van der Waals surface area contributed by atoms with E-state index in [0.717, 1.165) is 29.7 Å². The van der Waals surface area contributed by atoms with Gasteiger partial charge >= 0.3 is 5.97 Å². The number of hydrogen-bond donors (Lipinski definition) is 1. The summed E-state index contributed by atoms with van der Waals surface area (Å²) in [7, 11) is 0. The monoisotopic (exact) mass is 246 g/mol. The van der Waals surface area contributed by atoms with Gasteiger partial charge in [0.2, 0.25) is 0 Å². The molecule has 0 aliphatic heterocycles. The fourth-order valence-electron chi connectivity index (χ4n) is 2.20. The average molecular weight is 246 g/mol. The zero-order valence-corrected chi connectivity index (χ0v) is 11.0. The Bertz CT molecular complexity index is 587. The zero-order chi connectivity index (χ0) is 13.3. The number of nitrogens with zero attached hydrogens (tertiary/aromatic N) is 2. The van der Waals surface area contributed by atoms with Crippen LogP contribution in [0.15, 0.2) is 18.2 Å². The molecule has 96 valence electrons. The van der Waals surface area contributed by atoms with Gasteiger partial charge in [-0.25, -0.2) is 9.78 Å². The number of imidazole rings is 1. The van der Waals surface area contributed by atoms with Crippen molar-refractivity contribution in [2.45, 2.75) is 39.7 Å². The summed E-state index contributed by atoms with van der Waals surface area (Å²) in [4.78, 5) is 15.6. The first-order valence-electron chi connectivity index (χ1n) is 6.32. The van der Waals surface area contributed by atoms with Crippen LogP contribution in [-0.2, 0) is 6.42 Å². The van der Waals surface area contributed by atoms with Crippen molar-refractivity contribution in [3.05, 3.63) is 29.6 Å². The molecule has 0 saturated carbocycles. The Labute approximate surface area is 106 Å². The van der Waals surface area contributed by atoms with Crippen LogP contribution < -0.4 is 0 Å². The third-order valence-corrected chi connectivity index (χ3v) is 3.36. The van der Waals surface area contributed by atoms with E-state index >= 15 is 0 Å². The number of carboxylic acid groups (broad SMARTS) is 1. The molecule has 18 heavy (non-hydrogen) atoms. The average Bonchev–Trinajstić information content (AvgIpc) is 2.74. The van der Waals surface area contributed by atoms with Gasteiger partial charge in [-0.05, 0) is 31.5 Å². The summed E-state index contributed by atoms with van der Waals surface area (Å²) in [5.74, 6) is 0.119. The van der Waals surface area contributed by atoms with Crippen molar-refractivity contribution >= 4 is 17.0 Å². The molecule has 0 amide bonds. The van der Waals surface area contributed by atoms with Gasteiger partial charge in [0.05, 0.1) is 16.6 Å². The number of rotatable bonds is 4. The molecule has 0 aliphatic carbocycles. The van der Waals surface area contributed by atoms with E-state index in [1.165, 1.54) is 0 Å². The first-order valence-corrected chi connectivity index (χ1v) is 6.32. The Kier molecular flexibility index (Phi) is 3.36. The molecule has 4 nitrogen and oxygen atoms in total. The minimum Gasteiger partial charge on any atom is -0.478 e. The van der Waals surface area contributed by atoms with Crippen LogP contribution in [0.25, 0.3) is 11.0 Å². The first-order chi connectivity index (χ1) is 8.58. The molecular weight excluding hydrogens is 228 g/mol. The van der Waals surface area contributed by atoms with Crippen LogP contribution in [0.1, 0.15) is 49.4 Å². The first kappa shape index (κ1) is 12.6. The molecule has 1 heterocycles. The molecule has 0 fully saturated rings. The topological polar surface area (TPSA) is 55.1 Å². The third-order valence-electron chi connectivity index (χ3n) is 3.36. The molecule has 0 radical (unpaired) electrons. The lowest BCUT2D eigenvalue weighted by molar-refractivity contribution is 0.0697. The molecule has 1 aromatic heterocycles. The summed E-state index contributed by atoms with van der Waals surface area (Å²) in [5.41, 5.74) is 2.10. The van der Waals surface area contributed by atoms with Crippen molar-refractivity contribution in [1.29, 1.82) is 0 Å². The van der Waals surface area contributed by atoms with E-state index in [1.807, 2.05) is 0 Å². The van der Waals surface area contributed by atoms with Crippen LogP contribution in [0.3, 0.4) is 0 Å². The summed E-state index contributed by atoms with van der Waals surface area (Å²) in [5, 5.41) is 9.07. The lowest BCUT2D eigenvalue weighted by Gasteiger charge is -2.15. The number of carbonyl (C=O) groups is 1. The molecule has 2 aromatic rings. The standard InChI is InChI=1S/C14H18N2O2/c1-4-9(3)16-12-8-10(14(17)18)6-7-11(12)15-13(16)5-2/h6-9H,4-5H2,1-3H3,(H,17,18).